The Kier molecular flexibility index (Phi) is 3.11. The Morgan fingerprint density at radius 3 is 2.74 bits per heavy atom. The van der Waals surface area contributed by atoms with Gasteiger partial charge < -0.3 is 5.73 Å². The van der Waals surface area contributed by atoms with Gasteiger partial charge in [-0.2, -0.15) is 4.31 Å². The molecule has 2 unspecified atom stereocenters. The monoisotopic (exact) mass is 284 g/mol. The van der Waals surface area contributed by atoms with Gasteiger partial charge in [-0.1, -0.05) is 6.07 Å². The predicted octanol–water partition coefficient (Wildman–Crippen LogP) is 1.46. The lowest BCUT2D eigenvalue weighted by Crippen LogP contribution is -2.38. The van der Waals surface area contributed by atoms with Crippen LogP contribution in [0.1, 0.15) is 24.8 Å². The van der Waals surface area contributed by atoms with Crippen LogP contribution in [0, 0.1) is 11.7 Å². The highest BCUT2D eigenvalue weighted by Gasteiger charge is 2.44. The minimum absolute atomic E-state index is 0.0518. The Morgan fingerprint density at radius 1 is 1.37 bits per heavy atom. The number of rotatable bonds is 3. The zero-order valence-corrected chi connectivity index (χ0v) is 11.4. The molecule has 4 nitrogen and oxygen atoms in total. The molecular weight excluding hydrogens is 267 g/mol. The Labute approximate surface area is 112 Å². The van der Waals surface area contributed by atoms with Gasteiger partial charge in [0.2, 0.25) is 10.0 Å². The van der Waals surface area contributed by atoms with Crippen molar-refractivity contribution in [3.05, 3.63) is 29.6 Å². The molecule has 0 spiro atoms. The van der Waals surface area contributed by atoms with Crippen LogP contribution in [0.4, 0.5) is 4.39 Å². The van der Waals surface area contributed by atoms with Crippen LogP contribution in [0.5, 0.6) is 0 Å². The van der Waals surface area contributed by atoms with Crippen molar-refractivity contribution in [2.45, 2.75) is 36.7 Å². The zero-order chi connectivity index (χ0) is 13.6. The van der Waals surface area contributed by atoms with E-state index in [0.29, 0.717) is 18.0 Å². The molecule has 1 saturated heterocycles. The van der Waals surface area contributed by atoms with Gasteiger partial charge >= 0.3 is 0 Å². The lowest BCUT2D eigenvalue weighted by atomic mass is 10.1. The summed E-state index contributed by atoms with van der Waals surface area (Å²) in [5.74, 6) is -0.250. The molecule has 2 aliphatic rings. The van der Waals surface area contributed by atoms with Crippen LogP contribution in [-0.2, 0) is 16.6 Å². The molecule has 104 valence electrons. The number of nitrogens with zero attached hydrogens (tertiary/aromatic N) is 1. The number of benzene rings is 1. The second kappa shape index (κ2) is 4.54. The van der Waals surface area contributed by atoms with Crippen LogP contribution in [0.25, 0.3) is 0 Å². The normalized spacial score (nSPS) is 27.1. The molecule has 6 heteroatoms. The van der Waals surface area contributed by atoms with Gasteiger partial charge in [0.05, 0.1) is 0 Å². The third-order valence-electron chi connectivity index (χ3n) is 4.18. The van der Waals surface area contributed by atoms with Crippen molar-refractivity contribution in [3.8, 4) is 0 Å². The van der Waals surface area contributed by atoms with Gasteiger partial charge in [-0.3, -0.25) is 0 Å². The van der Waals surface area contributed by atoms with E-state index >= 15 is 0 Å². The molecule has 19 heavy (non-hydrogen) atoms. The average molecular weight is 284 g/mol. The fourth-order valence-corrected chi connectivity index (χ4v) is 5.03. The zero-order valence-electron chi connectivity index (χ0n) is 10.5. The van der Waals surface area contributed by atoms with Gasteiger partial charge in [0.25, 0.3) is 0 Å². The molecular formula is C13H17FN2O2S. The summed E-state index contributed by atoms with van der Waals surface area (Å²) in [5.41, 5.74) is 6.12. The number of halogens is 1. The van der Waals surface area contributed by atoms with Crippen molar-refractivity contribution in [1.29, 1.82) is 0 Å². The predicted molar refractivity (Wildman–Crippen MR) is 69.3 cm³/mol. The molecule has 1 aliphatic heterocycles. The van der Waals surface area contributed by atoms with Gasteiger partial charge in [-0.15, -0.1) is 0 Å². The Balaban J connectivity index is 2.00. The SMILES string of the molecule is NCc1ccc(F)c(S(=O)(=O)N2CC3CCC2C3)c1. The highest BCUT2D eigenvalue weighted by Crippen LogP contribution is 2.40. The molecule has 0 amide bonds. The molecule has 0 aromatic heterocycles. The first-order valence-corrected chi connectivity index (χ1v) is 7.96. The van der Waals surface area contributed by atoms with Crippen LogP contribution in [0.3, 0.4) is 0 Å². The summed E-state index contributed by atoms with van der Waals surface area (Å²) in [6, 6.07) is 4.11. The van der Waals surface area contributed by atoms with Crippen LogP contribution in [0.15, 0.2) is 23.1 Å². The smallest absolute Gasteiger partial charge is 0.246 e. The molecule has 1 saturated carbocycles. The number of hydrogen-bond acceptors (Lipinski definition) is 3. The summed E-state index contributed by atoms with van der Waals surface area (Å²) < 4.78 is 40.4. The summed E-state index contributed by atoms with van der Waals surface area (Å²) in [6.45, 7) is 0.730. The van der Waals surface area contributed by atoms with E-state index in [0.717, 1.165) is 19.3 Å². The minimum Gasteiger partial charge on any atom is -0.326 e. The van der Waals surface area contributed by atoms with E-state index in [4.69, 9.17) is 5.73 Å². The van der Waals surface area contributed by atoms with Crippen LogP contribution < -0.4 is 5.73 Å². The number of nitrogens with two attached hydrogens (primary N) is 1. The summed E-state index contributed by atoms with van der Waals surface area (Å²) in [4.78, 5) is -0.233. The molecule has 1 aromatic carbocycles. The summed E-state index contributed by atoms with van der Waals surface area (Å²) >= 11 is 0. The van der Waals surface area contributed by atoms with Gasteiger partial charge in [0.1, 0.15) is 10.7 Å². The summed E-state index contributed by atoms with van der Waals surface area (Å²) in [5, 5.41) is 0. The molecule has 2 atom stereocenters. The number of piperidine rings is 1. The highest BCUT2D eigenvalue weighted by molar-refractivity contribution is 7.89. The minimum atomic E-state index is -3.73. The fourth-order valence-electron chi connectivity index (χ4n) is 3.17. The average Bonchev–Trinajstić information content (AvgIpc) is 3.01. The van der Waals surface area contributed by atoms with Crippen LogP contribution in [0.2, 0.25) is 0 Å². The quantitative estimate of drug-likeness (QED) is 0.914. The largest absolute Gasteiger partial charge is 0.326 e. The molecule has 1 heterocycles. The first-order valence-electron chi connectivity index (χ1n) is 6.52. The maximum atomic E-state index is 13.9. The van der Waals surface area contributed by atoms with Crippen molar-refractivity contribution in [2.75, 3.05) is 6.54 Å². The van der Waals surface area contributed by atoms with Crippen LogP contribution in [-0.4, -0.2) is 25.3 Å². The highest BCUT2D eigenvalue weighted by atomic mass is 32.2. The van der Waals surface area contributed by atoms with Crippen molar-refractivity contribution in [1.82, 2.24) is 4.31 Å². The molecule has 3 rings (SSSR count). The van der Waals surface area contributed by atoms with Crippen molar-refractivity contribution >= 4 is 10.0 Å². The van der Waals surface area contributed by atoms with Crippen molar-refractivity contribution in [3.63, 3.8) is 0 Å². The molecule has 1 aliphatic carbocycles. The maximum absolute atomic E-state index is 13.9. The first kappa shape index (κ1) is 13.0. The first-order chi connectivity index (χ1) is 9.02. The number of sulfonamides is 1. The molecule has 2 bridgehead atoms. The van der Waals surface area contributed by atoms with E-state index in [1.165, 1.54) is 22.5 Å². The van der Waals surface area contributed by atoms with E-state index in [1.54, 1.807) is 0 Å². The van der Waals surface area contributed by atoms with Gasteiger partial charge in [-0.05, 0) is 42.9 Å². The van der Waals surface area contributed by atoms with Crippen molar-refractivity contribution < 1.29 is 12.8 Å². The lowest BCUT2D eigenvalue weighted by Gasteiger charge is -2.26. The Bertz CT molecular complexity index is 603. The Hall–Kier alpha value is -0.980. The summed E-state index contributed by atoms with van der Waals surface area (Å²) in [6.07, 6.45) is 2.89. The van der Waals surface area contributed by atoms with E-state index in [-0.39, 0.29) is 17.5 Å². The fraction of sp³-hybridized carbons (Fsp3) is 0.538. The van der Waals surface area contributed by atoms with E-state index in [1.807, 2.05) is 0 Å². The van der Waals surface area contributed by atoms with E-state index in [2.05, 4.69) is 0 Å². The maximum Gasteiger partial charge on any atom is 0.246 e. The Morgan fingerprint density at radius 2 is 2.16 bits per heavy atom. The molecule has 0 radical (unpaired) electrons. The van der Waals surface area contributed by atoms with Gasteiger partial charge in [-0.25, -0.2) is 12.8 Å². The second-order valence-electron chi connectivity index (χ2n) is 5.38. The molecule has 2 N–H and O–H groups in total. The van der Waals surface area contributed by atoms with Crippen molar-refractivity contribution in [2.24, 2.45) is 11.7 Å². The van der Waals surface area contributed by atoms with Crippen LogP contribution >= 0.6 is 0 Å². The number of hydrogen-bond donors (Lipinski definition) is 1. The molecule has 1 aromatic rings. The summed E-state index contributed by atoms with van der Waals surface area (Å²) in [7, 11) is -3.73. The van der Waals surface area contributed by atoms with Gasteiger partial charge in [0.15, 0.2) is 0 Å². The second-order valence-corrected chi connectivity index (χ2v) is 7.24. The lowest BCUT2D eigenvalue weighted by molar-refractivity contribution is 0.332. The third-order valence-corrected chi connectivity index (χ3v) is 6.11. The van der Waals surface area contributed by atoms with E-state index in [9.17, 15) is 12.8 Å². The molecule has 2 fully saturated rings. The third kappa shape index (κ3) is 2.07. The van der Waals surface area contributed by atoms with E-state index < -0.39 is 15.8 Å². The topological polar surface area (TPSA) is 63.4 Å². The number of fused-ring (bicyclic) bond motifs is 2. The van der Waals surface area contributed by atoms with Gasteiger partial charge in [0, 0.05) is 19.1 Å². The standard InChI is InChI=1S/C13H17FN2O2S/c14-12-4-2-9(7-15)6-13(12)19(17,18)16-8-10-1-3-11(16)5-10/h2,4,6,10-11H,1,3,5,7-8,15H2.